The van der Waals surface area contributed by atoms with Gasteiger partial charge in [0.15, 0.2) is 17.3 Å². The maximum absolute atomic E-state index is 13.8. The van der Waals surface area contributed by atoms with Crippen molar-refractivity contribution < 1.29 is 28.3 Å². The molecule has 2 aliphatic rings. The number of oxime groups is 1. The van der Waals surface area contributed by atoms with E-state index in [1.165, 1.54) is 13.4 Å². The summed E-state index contributed by atoms with van der Waals surface area (Å²) in [4.78, 5) is 33.1. The highest BCUT2D eigenvalue weighted by atomic mass is 16.7. The fourth-order valence-corrected chi connectivity index (χ4v) is 4.82. The maximum Gasteiger partial charge on any atom is 0.277 e. The van der Waals surface area contributed by atoms with Crippen molar-refractivity contribution in [2.24, 2.45) is 11.1 Å². The lowest BCUT2D eigenvalue weighted by Crippen LogP contribution is -2.46. The molecule has 0 saturated carbocycles. The molecule has 2 aliphatic heterocycles. The first kappa shape index (κ1) is 22.6. The summed E-state index contributed by atoms with van der Waals surface area (Å²) in [5, 5.41) is 7.13. The van der Waals surface area contributed by atoms with Crippen molar-refractivity contribution in [1.29, 1.82) is 0 Å². The molecule has 1 aromatic heterocycles. The zero-order chi connectivity index (χ0) is 25.4. The molecule has 3 heterocycles. The van der Waals surface area contributed by atoms with Crippen LogP contribution < -0.4 is 14.8 Å². The number of anilines is 1. The van der Waals surface area contributed by atoms with Gasteiger partial charge in [-0.1, -0.05) is 53.7 Å². The second-order valence-electron chi connectivity index (χ2n) is 8.72. The minimum absolute atomic E-state index is 0.106. The molecule has 0 aliphatic carbocycles. The van der Waals surface area contributed by atoms with E-state index in [0.717, 1.165) is 5.56 Å². The molecule has 3 aromatic carbocycles. The number of methoxy groups -OCH3 is 1. The van der Waals surface area contributed by atoms with Crippen LogP contribution >= 0.6 is 0 Å². The van der Waals surface area contributed by atoms with Crippen molar-refractivity contribution in [3.05, 3.63) is 114 Å². The van der Waals surface area contributed by atoms with Gasteiger partial charge in [-0.3, -0.25) is 9.59 Å². The number of fused-ring (bicyclic) bond motifs is 2. The zero-order valence-electron chi connectivity index (χ0n) is 19.8. The number of hydrogen-bond acceptors (Lipinski definition) is 7. The summed E-state index contributed by atoms with van der Waals surface area (Å²) in [5.41, 5.74) is 1.32. The van der Waals surface area contributed by atoms with E-state index in [-0.39, 0.29) is 5.76 Å². The monoisotopic (exact) mass is 494 g/mol. The van der Waals surface area contributed by atoms with Crippen LogP contribution in [-0.2, 0) is 21.8 Å². The molecule has 4 aromatic rings. The molecule has 8 heteroatoms. The number of ketones is 1. The summed E-state index contributed by atoms with van der Waals surface area (Å²) >= 11 is 0. The van der Waals surface area contributed by atoms with Crippen LogP contribution in [0.15, 0.2) is 101 Å². The van der Waals surface area contributed by atoms with Gasteiger partial charge < -0.3 is 24.0 Å². The molecule has 184 valence electrons. The van der Waals surface area contributed by atoms with E-state index in [0.29, 0.717) is 40.6 Å². The number of nitrogens with zero attached hydrogens (tertiary/aromatic N) is 1. The topological polar surface area (TPSA) is 99.4 Å². The van der Waals surface area contributed by atoms with Crippen molar-refractivity contribution in [2.75, 3.05) is 12.4 Å². The van der Waals surface area contributed by atoms with E-state index < -0.39 is 23.2 Å². The van der Waals surface area contributed by atoms with Crippen molar-refractivity contribution >= 4 is 23.1 Å². The Morgan fingerprint density at radius 1 is 1.00 bits per heavy atom. The summed E-state index contributed by atoms with van der Waals surface area (Å²) < 4.78 is 17.0. The number of carbonyl (C=O) groups is 2. The molecule has 2 atom stereocenters. The normalized spacial score (nSPS) is 19.6. The molecule has 1 N–H and O–H groups in total. The third kappa shape index (κ3) is 3.65. The third-order valence-corrected chi connectivity index (χ3v) is 6.60. The fourth-order valence-electron chi connectivity index (χ4n) is 4.82. The molecule has 0 bridgehead atoms. The van der Waals surface area contributed by atoms with Crippen molar-refractivity contribution in [3.8, 4) is 11.5 Å². The molecular weight excluding hydrogens is 472 g/mol. The molecule has 0 radical (unpaired) electrons. The van der Waals surface area contributed by atoms with Crippen molar-refractivity contribution in [1.82, 2.24) is 0 Å². The van der Waals surface area contributed by atoms with Crippen LogP contribution in [0.5, 0.6) is 11.5 Å². The number of carbonyl (C=O) groups excluding carboxylic acids is 2. The number of Topliss-reactive ketones (excluding diaryl/α,β-unsaturated/α-hetero) is 1. The second kappa shape index (κ2) is 8.98. The Hall–Kier alpha value is -4.85. The smallest absolute Gasteiger partial charge is 0.277 e. The van der Waals surface area contributed by atoms with Gasteiger partial charge in [0.25, 0.3) is 11.5 Å². The van der Waals surface area contributed by atoms with Gasteiger partial charge in [-0.2, -0.15) is 0 Å². The highest BCUT2D eigenvalue weighted by molar-refractivity contribution is 6.24. The summed E-state index contributed by atoms with van der Waals surface area (Å²) in [5.74, 6) is -0.888. The number of amides is 1. The van der Waals surface area contributed by atoms with Crippen molar-refractivity contribution in [3.63, 3.8) is 0 Å². The number of benzene rings is 3. The molecule has 0 fully saturated rings. The quantitative estimate of drug-likeness (QED) is 0.365. The standard InChI is InChI=1S/C29H22N2O6/c1-34-24-16-19(13-14-22(24)36-17-18-8-3-2-4-9-18)26-25(27(32)23-12-7-15-35-23)29(37-31-26)20-10-5-6-11-21(20)30-28(29)33/h2-16,25H,17H2,1H3,(H,30,33)/t25-,29-/m1/s1. The van der Waals surface area contributed by atoms with Gasteiger partial charge in [-0.15, -0.1) is 0 Å². The Labute approximate surface area is 212 Å². The summed E-state index contributed by atoms with van der Waals surface area (Å²) in [6.07, 6.45) is 1.41. The number of nitrogens with one attached hydrogen (secondary N) is 1. The molecule has 0 saturated heterocycles. The van der Waals surface area contributed by atoms with Gasteiger partial charge in [0.1, 0.15) is 18.2 Å². The second-order valence-corrected chi connectivity index (χ2v) is 8.72. The van der Waals surface area contributed by atoms with E-state index in [9.17, 15) is 9.59 Å². The minimum Gasteiger partial charge on any atom is -0.493 e. The first-order valence-electron chi connectivity index (χ1n) is 11.7. The number of furan rings is 1. The lowest BCUT2D eigenvalue weighted by molar-refractivity contribution is -0.140. The average Bonchev–Trinajstić information content (AvgIpc) is 3.67. The van der Waals surface area contributed by atoms with Crippen LogP contribution in [0, 0.1) is 5.92 Å². The van der Waals surface area contributed by atoms with E-state index in [1.807, 2.05) is 30.3 Å². The van der Waals surface area contributed by atoms with Gasteiger partial charge in [0, 0.05) is 16.8 Å². The van der Waals surface area contributed by atoms with Crippen LogP contribution in [0.1, 0.15) is 27.2 Å². The first-order chi connectivity index (χ1) is 18.1. The fraction of sp³-hybridized carbons (Fsp3) is 0.138. The Kier molecular flexibility index (Phi) is 5.49. The highest BCUT2D eigenvalue weighted by Gasteiger charge is 2.63. The maximum atomic E-state index is 13.8. The number of hydrogen-bond donors (Lipinski definition) is 1. The number of para-hydroxylation sites is 1. The van der Waals surface area contributed by atoms with E-state index in [4.69, 9.17) is 18.7 Å². The Morgan fingerprint density at radius 3 is 2.59 bits per heavy atom. The number of rotatable bonds is 7. The summed E-state index contributed by atoms with van der Waals surface area (Å²) in [6.45, 7) is 0.361. The molecule has 0 unspecified atom stereocenters. The SMILES string of the molecule is COc1cc(C2=NO[C@@]3(C(=O)Nc4ccccc43)[C@H]2C(=O)c2ccco2)ccc1OCc1ccccc1. The van der Waals surface area contributed by atoms with Gasteiger partial charge in [-0.05, 0) is 42.0 Å². The van der Waals surface area contributed by atoms with Crippen LogP contribution in [0.4, 0.5) is 5.69 Å². The molecular formula is C29H22N2O6. The van der Waals surface area contributed by atoms with Gasteiger partial charge in [-0.25, -0.2) is 0 Å². The van der Waals surface area contributed by atoms with Gasteiger partial charge in [0.05, 0.1) is 13.4 Å². The summed E-state index contributed by atoms with van der Waals surface area (Å²) in [6, 6.07) is 25.3. The Morgan fingerprint density at radius 2 is 1.81 bits per heavy atom. The largest absolute Gasteiger partial charge is 0.493 e. The minimum atomic E-state index is -1.66. The highest BCUT2D eigenvalue weighted by Crippen LogP contribution is 2.50. The molecule has 6 rings (SSSR count). The van der Waals surface area contributed by atoms with Crippen molar-refractivity contribution in [2.45, 2.75) is 12.2 Å². The lowest BCUT2D eigenvalue weighted by Gasteiger charge is -2.26. The summed E-state index contributed by atoms with van der Waals surface area (Å²) in [7, 11) is 1.54. The predicted molar refractivity (Wildman–Crippen MR) is 135 cm³/mol. The molecule has 1 amide bonds. The van der Waals surface area contributed by atoms with Crippen LogP contribution in [0.2, 0.25) is 0 Å². The first-order valence-corrected chi connectivity index (χ1v) is 11.7. The van der Waals surface area contributed by atoms with E-state index >= 15 is 0 Å². The van der Waals surface area contributed by atoms with Crippen LogP contribution in [-0.4, -0.2) is 24.5 Å². The Balaban J connectivity index is 1.39. The van der Waals surface area contributed by atoms with Gasteiger partial charge >= 0.3 is 0 Å². The number of ether oxygens (including phenoxy) is 2. The lowest BCUT2D eigenvalue weighted by atomic mass is 9.75. The van der Waals surface area contributed by atoms with E-state index in [1.54, 1.807) is 54.6 Å². The van der Waals surface area contributed by atoms with E-state index in [2.05, 4.69) is 10.5 Å². The predicted octanol–water partition coefficient (Wildman–Crippen LogP) is 4.95. The van der Waals surface area contributed by atoms with Crippen LogP contribution in [0.3, 0.4) is 0 Å². The zero-order valence-corrected chi connectivity index (χ0v) is 19.8. The Bertz CT molecular complexity index is 1510. The van der Waals surface area contributed by atoms with Crippen LogP contribution in [0.25, 0.3) is 0 Å². The third-order valence-electron chi connectivity index (χ3n) is 6.60. The van der Waals surface area contributed by atoms with Gasteiger partial charge in [0.2, 0.25) is 5.78 Å². The molecule has 8 nitrogen and oxygen atoms in total. The molecule has 37 heavy (non-hydrogen) atoms. The average molecular weight is 495 g/mol. The molecule has 1 spiro atoms.